The highest BCUT2D eigenvalue weighted by Crippen LogP contribution is 2.30. The summed E-state index contributed by atoms with van der Waals surface area (Å²) in [5.41, 5.74) is 0.474. The van der Waals surface area contributed by atoms with Crippen LogP contribution in [0.25, 0.3) is 0 Å². The van der Waals surface area contributed by atoms with E-state index in [1.807, 2.05) is 0 Å². The Morgan fingerprint density at radius 3 is 2.39 bits per heavy atom. The molecule has 1 aromatic carbocycles. The van der Waals surface area contributed by atoms with E-state index in [0.29, 0.717) is 37.8 Å². The van der Waals surface area contributed by atoms with Crippen LogP contribution in [-0.4, -0.2) is 28.4 Å². The highest BCUT2D eigenvalue weighted by molar-refractivity contribution is 5.79. The zero-order valence-electron chi connectivity index (χ0n) is 13.1. The summed E-state index contributed by atoms with van der Waals surface area (Å²) in [6, 6.07) is 6.41. The Kier molecular flexibility index (Phi) is 5.90. The van der Waals surface area contributed by atoms with Crippen molar-refractivity contribution in [2.24, 2.45) is 11.8 Å². The van der Waals surface area contributed by atoms with E-state index in [-0.39, 0.29) is 30.1 Å². The number of amides is 1. The first kappa shape index (κ1) is 17.2. The van der Waals surface area contributed by atoms with Crippen molar-refractivity contribution in [1.29, 1.82) is 0 Å². The Bertz CT molecular complexity index is 579. The quantitative estimate of drug-likeness (QED) is 0.819. The van der Waals surface area contributed by atoms with E-state index in [1.165, 1.54) is 6.07 Å². The largest absolute Gasteiger partial charge is 0.481 e. The summed E-state index contributed by atoms with van der Waals surface area (Å²) in [6.07, 6.45) is 3.81. The molecule has 1 aliphatic carbocycles. The molecule has 0 radical (unpaired) electrons. The molecular weight excluding hydrogens is 297 g/mol. The van der Waals surface area contributed by atoms with Crippen LogP contribution in [-0.2, 0) is 16.1 Å². The predicted octanol–water partition coefficient (Wildman–Crippen LogP) is 3.23. The van der Waals surface area contributed by atoms with Gasteiger partial charge in [-0.3, -0.25) is 9.59 Å². The van der Waals surface area contributed by atoms with Gasteiger partial charge in [0.25, 0.3) is 0 Å². The third kappa shape index (κ3) is 4.41. The van der Waals surface area contributed by atoms with E-state index in [4.69, 9.17) is 5.11 Å². The Hall–Kier alpha value is -2.17. The Morgan fingerprint density at radius 1 is 1.22 bits per heavy atom. The van der Waals surface area contributed by atoms with E-state index < -0.39 is 5.97 Å². The van der Waals surface area contributed by atoms with E-state index in [0.717, 1.165) is 0 Å². The van der Waals surface area contributed by atoms with Gasteiger partial charge in [0.1, 0.15) is 5.82 Å². The highest BCUT2D eigenvalue weighted by atomic mass is 19.1. The lowest BCUT2D eigenvalue weighted by molar-refractivity contribution is -0.145. The maximum Gasteiger partial charge on any atom is 0.306 e. The second-order valence-electron chi connectivity index (χ2n) is 5.99. The van der Waals surface area contributed by atoms with Crippen molar-refractivity contribution < 1.29 is 19.1 Å². The summed E-state index contributed by atoms with van der Waals surface area (Å²) in [7, 11) is 0. The van der Waals surface area contributed by atoms with Gasteiger partial charge in [-0.1, -0.05) is 24.3 Å². The summed E-state index contributed by atoms with van der Waals surface area (Å²) in [5, 5.41) is 9.03. The van der Waals surface area contributed by atoms with Crippen LogP contribution in [0, 0.1) is 17.7 Å². The van der Waals surface area contributed by atoms with E-state index in [1.54, 1.807) is 29.2 Å². The third-order valence-electron chi connectivity index (χ3n) is 4.41. The van der Waals surface area contributed by atoms with Crippen LogP contribution in [0.15, 0.2) is 36.9 Å². The summed E-state index contributed by atoms with van der Waals surface area (Å²) in [5.74, 6) is -1.69. The van der Waals surface area contributed by atoms with Gasteiger partial charge in [0.2, 0.25) is 5.91 Å². The van der Waals surface area contributed by atoms with Gasteiger partial charge in [0.15, 0.2) is 0 Å². The average Bonchev–Trinajstić information content (AvgIpc) is 2.56. The number of hydrogen-bond donors (Lipinski definition) is 1. The Morgan fingerprint density at radius 2 is 1.83 bits per heavy atom. The molecule has 0 bridgehead atoms. The van der Waals surface area contributed by atoms with Crippen molar-refractivity contribution in [3.63, 3.8) is 0 Å². The number of benzene rings is 1. The van der Waals surface area contributed by atoms with Crippen molar-refractivity contribution in [2.75, 3.05) is 6.54 Å². The molecule has 1 amide bonds. The first-order valence-corrected chi connectivity index (χ1v) is 7.88. The second-order valence-corrected chi connectivity index (χ2v) is 5.99. The zero-order chi connectivity index (χ0) is 16.8. The molecule has 124 valence electrons. The van der Waals surface area contributed by atoms with Crippen molar-refractivity contribution in [1.82, 2.24) is 4.90 Å². The number of aliphatic carboxylic acids is 1. The molecule has 0 heterocycles. The van der Waals surface area contributed by atoms with Crippen LogP contribution in [0.1, 0.15) is 31.2 Å². The molecule has 1 N–H and O–H groups in total. The van der Waals surface area contributed by atoms with Crippen LogP contribution >= 0.6 is 0 Å². The van der Waals surface area contributed by atoms with Crippen molar-refractivity contribution in [3.05, 3.63) is 48.3 Å². The van der Waals surface area contributed by atoms with Crippen molar-refractivity contribution >= 4 is 11.9 Å². The molecule has 0 aliphatic heterocycles. The van der Waals surface area contributed by atoms with E-state index >= 15 is 0 Å². The van der Waals surface area contributed by atoms with Gasteiger partial charge in [-0.25, -0.2) is 4.39 Å². The van der Waals surface area contributed by atoms with Gasteiger partial charge >= 0.3 is 5.97 Å². The molecule has 2 rings (SSSR count). The first-order valence-electron chi connectivity index (χ1n) is 7.88. The second kappa shape index (κ2) is 7.90. The maximum atomic E-state index is 13.8. The monoisotopic (exact) mass is 319 g/mol. The molecule has 1 fully saturated rings. The lowest BCUT2D eigenvalue weighted by atomic mass is 9.81. The van der Waals surface area contributed by atoms with Crippen molar-refractivity contribution in [3.8, 4) is 0 Å². The number of nitrogens with zero attached hydrogens (tertiary/aromatic N) is 1. The van der Waals surface area contributed by atoms with Crippen LogP contribution in [0.5, 0.6) is 0 Å². The summed E-state index contributed by atoms with van der Waals surface area (Å²) in [4.78, 5) is 25.3. The summed E-state index contributed by atoms with van der Waals surface area (Å²) >= 11 is 0. The summed E-state index contributed by atoms with van der Waals surface area (Å²) in [6.45, 7) is 4.22. The molecule has 0 saturated heterocycles. The molecule has 23 heavy (non-hydrogen) atoms. The number of carbonyl (C=O) groups is 2. The van der Waals surface area contributed by atoms with Crippen LogP contribution in [0.3, 0.4) is 0 Å². The molecular formula is C18H22FNO3. The number of halogens is 1. The topological polar surface area (TPSA) is 57.6 Å². The molecule has 0 aromatic heterocycles. The number of hydrogen-bond acceptors (Lipinski definition) is 2. The number of carbonyl (C=O) groups excluding carboxylic acids is 1. The van der Waals surface area contributed by atoms with Crippen molar-refractivity contribution in [2.45, 2.75) is 32.2 Å². The third-order valence-corrected chi connectivity index (χ3v) is 4.41. The summed E-state index contributed by atoms with van der Waals surface area (Å²) < 4.78 is 13.8. The van der Waals surface area contributed by atoms with E-state index in [2.05, 4.69) is 6.58 Å². The van der Waals surface area contributed by atoms with Crippen LogP contribution < -0.4 is 0 Å². The van der Waals surface area contributed by atoms with Gasteiger partial charge in [0.05, 0.1) is 5.92 Å². The normalized spacial score (nSPS) is 20.7. The minimum absolute atomic E-state index is 0.0445. The maximum absolute atomic E-state index is 13.8. The molecule has 1 saturated carbocycles. The van der Waals surface area contributed by atoms with Gasteiger partial charge in [-0.2, -0.15) is 0 Å². The number of carboxylic acids is 1. The van der Waals surface area contributed by atoms with Gasteiger partial charge < -0.3 is 10.0 Å². The SMILES string of the molecule is C=CCN(Cc1ccccc1F)C(=O)C1CCC(C(=O)O)CC1. The Labute approximate surface area is 135 Å². The number of carboxylic acid groups (broad SMARTS) is 1. The fraction of sp³-hybridized carbons (Fsp3) is 0.444. The molecule has 5 heteroatoms. The smallest absolute Gasteiger partial charge is 0.306 e. The lowest BCUT2D eigenvalue weighted by Crippen LogP contribution is -2.38. The predicted molar refractivity (Wildman–Crippen MR) is 85.1 cm³/mol. The van der Waals surface area contributed by atoms with Gasteiger partial charge in [0, 0.05) is 24.6 Å². The fourth-order valence-electron chi connectivity index (χ4n) is 3.07. The minimum Gasteiger partial charge on any atom is -0.481 e. The van der Waals surface area contributed by atoms with Gasteiger partial charge in [-0.15, -0.1) is 6.58 Å². The van der Waals surface area contributed by atoms with E-state index in [9.17, 15) is 14.0 Å². The fourth-order valence-corrected chi connectivity index (χ4v) is 3.07. The molecule has 1 aromatic rings. The number of rotatable bonds is 6. The van der Waals surface area contributed by atoms with Crippen LogP contribution in [0.2, 0.25) is 0 Å². The average molecular weight is 319 g/mol. The van der Waals surface area contributed by atoms with Gasteiger partial charge in [-0.05, 0) is 31.7 Å². The standard InChI is InChI=1S/C18H22FNO3/c1-2-11-20(12-15-5-3-4-6-16(15)19)17(21)13-7-9-14(10-8-13)18(22)23/h2-6,13-14H,1,7-12H2,(H,22,23). The molecule has 0 spiro atoms. The zero-order valence-corrected chi connectivity index (χ0v) is 13.1. The lowest BCUT2D eigenvalue weighted by Gasteiger charge is -2.30. The first-order chi connectivity index (χ1) is 11.0. The molecule has 0 unspecified atom stereocenters. The Balaban J connectivity index is 2.03. The molecule has 4 nitrogen and oxygen atoms in total. The minimum atomic E-state index is -0.787. The molecule has 0 atom stereocenters. The highest BCUT2D eigenvalue weighted by Gasteiger charge is 2.32. The molecule has 1 aliphatic rings. The van der Waals surface area contributed by atoms with Crippen LogP contribution in [0.4, 0.5) is 4.39 Å².